The van der Waals surface area contributed by atoms with E-state index in [1.165, 1.54) is 5.69 Å². The molecule has 2 N–H and O–H groups in total. The predicted molar refractivity (Wildman–Crippen MR) is 122 cm³/mol. The van der Waals surface area contributed by atoms with Gasteiger partial charge in [-0.2, -0.15) is 0 Å². The number of anilines is 2. The Balaban J connectivity index is 1.26. The summed E-state index contributed by atoms with van der Waals surface area (Å²) in [4.78, 5) is 13.7. The first-order valence-corrected chi connectivity index (χ1v) is 10.8. The Kier molecular flexibility index (Phi) is 6.69. The molecule has 7 heteroatoms. The number of benzene rings is 1. The lowest BCUT2D eigenvalue weighted by atomic mass is 10.2. The second kappa shape index (κ2) is 9.80. The lowest BCUT2D eigenvalue weighted by molar-refractivity contribution is 0.0529. The number of aliphatic imine (C=N–C) groups is 1. The summed E-state index contributed by atoms with van der Waals surface area (Å²) in [6, 6.07) is 15.2. The smallest absolute Gasteiger partial charge is 0.191 e. The first-order valence-electron chi connectivity index (χ1n) is 10.8. The molecular formula is C23H32N6O. The third kappa shape index (κ3) is 5.21. The molecule has 0 aliphatic carbocycles. The van der Waals surface area contributed by atoms with Crippen LogP contribution in [0.5, 0.6) is 0 Å². The molecule has 1 aromatic heterocycles. The summed E-state index contributed by atoms with van der Waals surface area (Å²) in [5.74, 6) is 1.85. The van der Waals surface area contributed by atoms with Crippen LogP contribution in [-0.4, -0.2) is 62.9 Å². The minimum absolute atomic E-state index is 0.254. The molecule has 2 unspecified atom stereocenters. The number of rotatable bonds is 5. The van der Waals surface area contributed by atoms with Crippen molar-refractivity contribution < 1.29 is 4.74 Å². The maximum Gasteiger partial charge on any atom is 0.191 e. The van der Waals surface area contributed by atoms with Crippen molar-refractivity contribution in [3.8, 4) is 0 Å². The van der Waals surface area contributed by atoms with Gasteiger partial charge in [-0.1, -0.05) is 24.3 Å². The molecule has 2 aliphatic heterocycles. The average Bonchev–Trinajstić information content (AvgIpc) is 3.26. The maximum absolute atomic E-state index is 5.61. The number of pyridine rings is 1. The molecule has 7 nitrogen and oxygen atoms in total. The van der Waals surface area contributed by atoms with Gasteiger partial charge in [-0.05, 0) is 37.1 Å². The molecule has 2 aromatic rings. The van der Waals surface area contributed by atoms with Crippen LogP contribution in [0.2, 0.25) is 0 Å². The fourth-order valence-corrected chi connectivity index (χ4v) is 4.06. The topological polar surface area (TPSA) is 65.0 Å². The molecule has 2 saturated heterocycles. The van der Waals surface area contributed by atoms with Gasteiger partial charge in [0.05, 0.1) is 12.7 Å². The summed E-state index contributed by atoms with van der Waals surface area (Å²) in [6.07, 6.45) is 3.30. The highest BCUT2D eigenvalue weighted by Crippen LogP contribution is 2.19. The van der Waals surface area contributed by atoms with Crippen molar-refractivity contribution in [1.29, 1.82) is 0 Å². The molecule has 0 amide bonds. The Morgan fingerprint density at radius 2 is 2.00 bits per heavy atom. The fraction of sp³-hybridized carbons (Fsp3) is 0.478. The van der Waals surface area contributed by atoms with Crippen molar-refractivity contribution in [1.82, 2.24) is 15.6 Å². The lowest BCUT2D eigenvalue weighted by Crippen LogP contribution is -2.44. The molecule has 4 rings (SSSR count). The second-order valence-corrected chi connectivity index (χ2v) is 7.99. The number of morpholine rings is 1. The van der Waals surface area contributed by atoms with Gasteiger partial charge in [-0.3, -0.25) is 4.99 Å². The van der Waals surface area contributed by atoms with Crippen molar-refractivity contribution in [2.45, 2.75) is 32.0 Å². The lowest BCUT2D eigenvalue weighted by Gasteiger charge is -2.32. The van der Waals surface area contributed by atoms with Gasteiger partial charge in [0.15, 0.2) is 5.96 Å². The standard InChI is InChI=1S/C23H32N6O/c1-18-16-29(12-13-30-18)22-9-8-19(14-25-22)15-26-23(24-2)27-20-10-11-28(17-20)21-6-4-3-5-7-21/h3-9,14,18,20H,10-13,15-17H2,1-2H3,(H2,24,26,27). The number of para-hydroxylation sites is 1. The summed E-state index contributed by atoms with van der Waals surface area (Å²) in [6.45, 7) is 7.39. The van der Waals surface area contributed by atoms with Gasteiger partial charge in [0.1, 0.15) is 5.82 Å². The molecule has 160 valence electrons. The van der Waals surface area contributed by atoms with Gasteiger partial charge in [-0.15, -0.1) is 0 Å². The Labute approximate surface area is 179 Å². The van der Waals surface area contributed by atoms with Crippen LogP contribution in [0, 0.1) is 0 Å². The van der Waals surface area contributed by atoms with Crippen LogP contribution in [0.1, 0.15) is 18.9 Å². The molecule has 0 bridgehead atoms. The summed E-state index contributed by atoms with van der Waals surface area (Å²) < 4.78 is 5.61. The largest absolute Gasteiger partial charge is 0.375 e. The van der Waals surface area contributed by atoms with Gasteiger partial charge >= 0.3 is 0 Å². The Hall–Kier alpha value is -2.80. The molecule has 2 atom stereocenters. The van der Waals surface area contributed by atoms with Gasteiger partial charge in [0.25, 0.3) is 0 Å². The Morgan fingerprint density at radius 1 is 1.13 bits per heavy atom. The van der Waals surface area contributed by atoms with Crippen molar-refractivity contribution in [3.63, 3.8) is 0 Å². The molecule has 3 heterocycles. The zero-order chi connectivity index (χ0) is 20.8. The molecular weight excluding hydrogens is 376 g/mol. The molecule has 1 aromatic carbocycles. The minimum Gasteiger partial charge on any atom is -0.375 e. The second-order valence-electron chi connectivity index (χ2n) is 7.99. The first-order chi connectivity index (χ1) is 14.7. The van der Waals surface area contributed by atoms with Gasteiger partial charge < -0.3 is 25.2 Å². The highest BCUT2D eigenvalue weighted by Gasteiger charge is 2.23. The number of hydrogen-bond acceptors (Lipinski definition) is 5. The van der Waals surface area contributed by atoms with Crippen LogP contribution in [0.25, 0.3) is 0 Å². The highest BCUT2D eigenvalue weighted by atomic mass is 16.5. The maximum atomic E-state index is 5.61. The fourth-order valence-electron chi connectivity index (χ4n) is 4.06. The van der Waals surface area contributed by atoms with Gasteiger partial charge in [-0.25, -0.2) is 4.98 Å². The van der Waals surface area contributed by atoms with Gasteiger partial charge in [0.2, 0.25) is 0 Å². The number of aromatic nitrogens is 1. The highest BCUT2D eigenvalue weighted by molar-refractivity contribution is 5.80. The van der Waals surface area contributed by atoms with E-state index in [1.807, 2.05) is 13.2 Å². The van der Waals surface area contributed by atoms with Crippen molar-refractivity contribution in [3.05, 3.63) is 54.2 Å². The summed E-state index contributed by atoms with van der Waals surface area (Å²) in [5, 5.41) is 6.98. The number of ether oxygens (including phenoxy) is 1. The quantitative estimate of drug-likeness (QED) is 0.584. The van der Waals surface area contributed by atoms with E-state index in [9.17, 15) is 0 Å². The third-order valence-electron chi connectivity index (χ3n) is 5.71. The Morgan fingerprint density at radius 3 is 2.73 bits per heavy atom. The van der Waals surface area contributed by atoms with E-state index in [0.717, 1.165) is 56.5 Å². The van der Waals surface area contributed by atoms with E-state index in [4.69, 9.17) is 4.74 Å². The minimum atomic E-state index is 0.254. The molecule has 0 saturated carbocycles. The van der Waals surface area contributed by atoms with E-state index in [2.05, 4.69) is 79.8 Å². The third-order valence-corrected chi connectivity index (χ3v) is 5.71. The average molecular weight is 409 g/mol. The Bertz CT molecular complexity index is 825. The zero-order valence-corrected chi connectivity index (χ0v) is 17.9. The van der Waals surface area contributed by atoms with Crippen LogP contribution >= 0.6 is 0 Å². The van der Waals surface area contributed by atoms with Crippen molar-refractivity contribution in [2.75, 3.05) is 49.6 Å². The van der Waals surface area contributed by atoms with Crippen LogP contribution in [0.4, 0.5) is 11.5 Å². The van der Waals surface area contributed by atoms with Crippen LogP contribution in [0.3, 0.4) is 0 Å². The normalized spacial score (nSPS) is 22.3. The number of nitrogens with one attached hydrogen (secondary N) is 2. The molecule has 0 spiro atoms. The van der Waals surface area contributed by atoms with Gasteiger partial charge in [0, 0.05) is 57.7 Å². The van der Waals surface area contributed by atoms with Crippen LogP contribution in [0.15, 0.2) is 53.7 Å². The zero-order valence-electron chi connectivity index (χ0n) is 17.9. The molecule has 2 aliphatic rings. The number of nitrogens with zero attached hydrogens (tertiary/aromatic N) is 4. The monoisotopic (exact) mass is 408 g/mol. The summed E-state index contributed by atoms with van der Waals surface area (Å²) in [5.41, 5.74) is 2.42. The number of hydrogen-bond donors (Lipinski definition) is 2. The SMILES string of the molecule is CN=C(NCc1ccc(N2CCOC(C)C2)nc1)NC1CCN(c2ccccc2)C1. The van der Waals surface area contributed by atoms with Crippen molar-refractivity contribution in [2.24, 2.45) is 4.99 Å². The first kappa shape index (κ1) is 20.5. The van der Waals surface area contributed by atoms with E-state index in [-0.39, 0.29) is 6.10 Å². The summed E-state index contributed by atoms with van der Waals surface area (Å²) >= 11 is 0. The van der Waals surface area contributed by atoms with Crippen LogP contribution in [-0.2, 0) is 11.3 Å². The molecule has 30 heavy (non-hydrogen) atoms. The molecule has 0 radical (unpaired) electrons. The van der Waals surface area contributed by atoms with E-state index in [0.29, 0.717) is 12.6 Å². The van der Waals surface area contributed by atoms with Crippen LogP contribution < -0.4 is 20.4 Å². The van der Waals surface area contributed by atoms with Crippen molar-refractivity contribution >= 4 is 17.5 Å². The number of guanidine groups is 1. The van der Waals surface area contributed by atoms with E-state index in [1.54, 1.807) is 0 Å². The molecule has 2 fully saturated rings. The van der Waals surface area contributed by atoms with E-state index >= 15 is 0 Å². The van der Waals surface area contributed by atoms with E-state index < -0.39 is 0 Å². The predicted octanol–water partition coefficient (Wildman–Crippen LogP) is 2.25. The summed E-state index contributed by atoms with van der Waals surface area (Å²) in [7, 11) is 1.82.